The molecule has 0 saturated carbocycles. The lowest BCUT2D eigenvalue weighted by Gasteiger charge is -2.11. The highest BCUT2D eigenvalue weighted by Crippen LogP contribution is 2.30. The lowest BCUT2D eigenvalue weighted by Crippen LogP contribution is -2.14. The molecule has 0 radical (unpaired) electrons. The fourth-order valence-corrected chi connectivity index (χ4v) is 1.67. The van der Waals surface area contributed by atoms with E-state index in [9.17, 15) is 5.11 Å². The topological polar surface area (TPSA) is 68.4 Å². The van der Waals surface area contributed by atoms with Crippen LogP contribution in [-0.4, -0.2) is 10.1 Å². The Hall–Kier alpha value is -0.300. The number of hydrogen-bond acceptors (Lipinski definition) is 6. The van der Waals surface area contributed by atoms with Crippen LogP contribution in [0.4, 0.5) is 0 Å². The number of rotatable bonds is 3. The third-order valence-electron chi connectivity index (χ3n) is 1.14. The van der Waals surface area contributed by atoms with Gasteiger partial charge in [-0.1, -0.05) is 11.3 Å². The third kappa shape index (κ3) is 2.34. The summed E-state index contributed by atoms with van der Waals surface area (Å²) in [6, 6.07) is 0. The predicted octanol–water partition coefficient (Wildman–Crippen LogP) is 1.27. The summed E-state index contributed by atoms with van der Waals surface area (Å²) in [6.07, 6.45) is 1.54. The van der Waals surface area contributed by atoms with Gasteiger partial charge >= 0.3 is 0 Å². The first-order valence-electron chi connectivity index (χ1n) is 3.26. The Morgan fingerprint density at radius 1 is 1.75 bits per heavy atom. The van der Waals surface area contributed by atoms with Crippen molar-refractivity contribution in [3.05, 3.63) is 11.2 Å². The molecule has 4 nitrogen and oxygen atoms in total. The van der Waals surface area contributed by atoms with Crippen LogP contribution in [0.25, 0.3) is 0 Å². The molecule has 0 fully saturated rings. The number of aromatic nitrogens is 1. The minimum absolute atomic E-state index is 0.597. The summed E-state index contributed by atoms with van der Waals surface area (Å²) < 4.78 is 4.92. The van der Waals surface area contributed by atoms with E-state index >= 15 is 0 Å². The van der Waals surface area contributed by atoms with Crippen molar-refractivity contribution in [2.24, 2.45) is 5.14 Å². The van der Waals surface area contributed by atoms with Gasteiger partial charge < -0.3 is 9.29 Å². The SMILES string of the molecule is CC(C)(O)c1ncc(OSN)s1. The first-order chi connectivity index (χ1) is 5.54. The van der Waals surface area contributed by atoms with Crippen LogP contribution in [0.15, 0.2) is 6.20 Å². The smallest absolute Gasteiger partial charge is 0.212 e. The van der Waals surface area contributed by atoms with Gasteiger partial charge in [-0.25, -0.2) is 10.1 Å². The predicted molar refractivity (Wildman–Crippen MR) is 49.8 cm³/mol. The summed E-state index contributed by atoms with van der Waals surface area (Å²) in [6.45, 7) is 3.34. The lowest BCUT2D eigenvalue weighted by atomic mass is 10.2. The molecular weight excluding hydrogens is 196 g/mol. The molecule has 0 spiro atoms. The molecule has 0 aliphatic rings. The second-order valence-electron chi connectivity index (χ2n) is 2.72. The summed E-state index contributed by atoms with van der Waals surface area (Å²) in [4.78, 5) is 3.98. The number of thiazole rings is 1. The minimum Gasteiger partial charge on any atom is -0.397 e. The Morgan fingerprint density at radius 2 is 2.42 bits per heavy atom. The molecule has 1 heterocycles. The summed E-state index contributed by atoms with van der Waals surface area (Å²) in [5.74, 6) is 0. The Balaban J connectivity index is 2.77. The Bertz CT molecular complexity index is 256. The average molecular weight is 206 g/mol. The Labute approximate surface area is 79.1 Å². The van der Waals surface area contributed by atoms with Crippen LogP contribution in [0.2, 0.25) is 0 Å². The summed E-state index contributed by atoms with van der Waals surface area (Å²) in [5.41, 5.74) is -0.911. The molecule has 1 aromatic heterocycles. The maximum atomic E-state index is 9.52. The van der Waals surface area contributed by atoms with Crippen LogP contribution in [-0.2, 0) is 5.60 Å². The van der Waals surface area contributed by atoms with E-state index in [2.05, 4.69) is 4.98 Å². The molecule has 6 heteroatoms. The van der Waals surface area contributed by atoms with Gasteiger partial charge in [-0.15, -0.1) is 0 Å². The van der Waals surface area contributed by atoms with Gasteiger partial charge in [0.15, 0.2) is 0 Å². The largest absolute Gasteiger partial charge is 0.397 e. The van der Waals surface area contributed by atoms with Crippen molar-refractivity contribution in [1.82, 2.24) is 4.98 Å². The van der Waals surface area contributed by atoms with Crippen LogP contribution in [0.3, 0.4) is 0 Å². The van der Waals surface area contributed by atoms with Crippen molar-refractivity contribution in [3.8, 4) is 5.06 Å². The maximum absolute atomic E-state index is 9.52. The van der Waals surface area contributed by atoms with E-state index in [1.54, 1.807) is 13.8 Å². The fraction of sp³-hybridized carbons (Fsp3) is 0.500. The summed E-state index contributed by atoms with van der Waals surface area (Å²) >= 11 is 2.05. The first-order valence-corrected chi connectivity index (χ1v) is 4.88. The summed E-state index contributed by atoms with van der Waals surface area (Å²) in [5, 5.41) is 15.8. The number of aliphatic hydroxyl groups is 1. The van der Waals surface area contributed by atoms with Crippen LogP contribution >= 0.6 is 23.6 Å². The van der Waals surface area contributed by atoms with Gasteiger partial charge in [0.1, 0.15) is 22.8 Å². The fourth-order valence-electron chi connectivity index (χ4n) is 0.628. The van der Waals surface area contributed by atoms with E-state index in [0.717, 1.165) is 12.2 Å². The van der Waals surface area contributed by atoms with Gasteiger partial charge in [-0.3, -0.25) is 0 Å². The molecule has 0 aromatic carbocycles. The zero-order chi connectivity index (χ0) is 9.19. The van der Waals surface area contributed by atoms with Crippen molar-refractivity contribution in [2.45, 2.75) is 19.4 Å². The van der Waals surface area contributed by atoms with E-state index in [1.807, 2.05) is 0 Å². The molecule has 1 rings (SSSR count). The van der Waals surface area contributed by atoms with E-state index in [4.69, 9.17) is 9.32 Å². The third-order valence-corrected chi connectivity index (χ3v) is 2.71. The van der Waals surface area contributed by atoms with Gasteiger partial charge in [0.2, 0.25) is 5.06 Å². The normalized spacial score (nSPS) is 11.7. The van der Waals surface area contributed by atoms with E-state index in [1.165, 1.54) is 17.5 Å². The molecule has 0 atom stereocenters. The standard InChI is InChI=1S/C6H10N2O2S2/c1-6(2,9)5-8-3-4(11-5)10-12-7/h3,9H,7H2,1-2H3. The van der Waals surface area contributed by atoms with Crippen LogP contribution in [0.1, 0.15) is 18.9 Å². The van der Waals surface area contributed by atoms with Gasteiger partial charge in [-0.2, -0.15) is 0 Å². The molecule has 3 N–H and O–H groups in total. The Morgan fingerprint density at radius 3 is 2.83 bits per heavy atom. The molecule has 0 bridgehead atoms. The van der Waals surface area contributed by atoms with E-state index in [0.29, 0.717) is 10.1 Å². The van der Waals surface area contributed by atoms with Gasteiger partial charge in [0.25, 0.3) is 0 Å². The van der Waals surface area contributed by atoms with Gasteiger partial charge in [0.05, 0.1) is 6.20 Å². The highest BCUT2D eigenvalue weighted by Gasteiger charge is 2.20. The molecule has 0 unspecified atom stereocenters. The quantitative estimate of drug-likeness (QED) is 0.576. The molecule has 0 aliphatic carbocycles. The average Bonchev–Trinajstić information content (AvgIpc) is 2.35. The van der Waals surface area contributed by atoms with E-state index < -0.39 is 5.60 Å². The van der Waals surface area contributed by atoms with Crippen LogP contribution in [0.5, 0.6) is 5.06 Å². The molecule has 1 aromatic rings. The molecule has 0 saturated heterocycles. The first kappa shape index (κ1) is 9.79. The summed E-state index contributed by atoms with van der Waals surface area (Å²) in [7, 11) is 0. The zero-order valence-electron chi connectivity index (χ0n) is 6.77. The lowest BCUT2D eigenvalue weighted by molar-refractivity contribution is 0.0783. The van der Waals surface area contributed by atoms with Crippen LogP contribution in [0, 0.1) is 0 Å². The van der Waals surface area contributed by atoms with Crippen molar-refractivity contribution < 1.29 is 9.29 Å². The van der Waals surface area contributed by atoms with E-state index in [-0.39, 0.29) is 0 Å². The van der Waals surface area contributed by atoms with Crippen LogP contribution < -0.4 is 9.32 Å². The second kappa shape index (κ2) is 3.61. The monoisotopic (exact) mass is 206 g/mol. The van der Waals surface area contributed by atoms with Crippen molar-refractivity contribution in [3.63, 3.8) is 0 Å². The maximum Gasteiger partial charge on any atom is 0.212 e. The zero-order valence-corrected chi connectivity index (χ0v) is 8.41. The molecule has 0 aliphatic heterocycles. The molecule has 68 valence electrons. The van der Waals surface area contributed by atoms with Crippen molar-refractivity contribution in [1.29, 1.82) is 0 Å². The van der Waals surface area contributed by atoms with Crippen molar-refractivity contribution in [2.75, 3.05) is 0 Å². The van der Waals surface area contributed by atoms with Crippen molar-refractivity contribution >= 4 is 23.6 Å². The highest BCUT2D eigenvalue weighted by atomic mass is 32.2. The number of nitrogens with two attached hydrogens (primary N) is 1. The molecular formula is C6H10N2O2S2. The number of nitrogens with zero attached hydrogens (tertiary/aromatic N) is 1. The van der Waals surface area contributed by atoms with Gasteiger partial charge in [-0.05, 0) is 13.8 Å². The van der Waals surface area contributed by atoms with Gasteiger partial charge in [0, 0.05) is 0 Å². The molecule has 12 heavy (non-hydrogen) atoms. The highest BCUT2D eigenvalue weighted by molar-refractivity contribution is 7.92. The second-order valence-corrected chi connectivity index (χ2v) is 4.08. The Kier molecular flexibility index (Phi) is 2.94. The number of hydrogen-bond donors (Lipinski definition) is 2. The molecule has 0 amide bonds. The minimum atomic E-state index is -0.911.